The Bertz CT molecular complexity index is 2940. The van der Waals surface area contributed by atoms with Crippen LogP contribution in [-0.2, 0) is 6.42 Å². The van der Waals surface area contributed by atoms with E-state index in [1.165, 1.54) is 75.4 Å². The highest BCUT2D eigenvalue weighted by Gasteiger charge is 2.24. The zero-order chi connectivity index (χ0) is 42.9. The summed E-state index contributed by atoms with van der Waals surface area (Å²) < 4.78 is 0. The van der Waals surface area contributed by atoms with Gasteiger partial charge < -0.3 is 14.7 Å². The molecule has 0 radical (unpaired) electrons. The lowest BCUT2D eigenvalue weighted by atomic mass is 9.90. The number of rotatable bonds is 6. The Morgan fingerprint density at radius 1 is 0.590 bits per heavy atom. The molecule has 0 bridgehead atoms. The molecule has 8 aromatic rings. The van der Waals surface area contributed by atoms with E-state index in [9.17, 15) is 10.5 Å². The maximum atomic E-state index is 9.75. The lowest BCUT2D eigenvalue weighted by Gasteiger charge is -2.33. The van der Waals surface area contributed by atoms with E-state index in [0.29, 0.717) is 11.1 Å². The zero-order valence-electron chi connectivity index (χ0n) is 35.4. The molecule has 0 spiro atoms. The molecule has 1 N–H and O–H groups in total. The zero-order valence-corrected chi connectivity index (χ0v) is 36.5. The maximum Gasteiger partial charge on any atom is 0.0991 e. The Labute approximate surface area is 362 Å². The summed E-state index contributed by atoms with van der Waals surface area (Å²) in [5.74, 6) is 0. The minimum atomic E-state index is 0.632. The van der Waals surface area contributed by atoms with Crippen molar-refractivity contribution in [3.05, 3.63) is 180 Å². The Hall–Kier alpha value is -6.75. The van der Waals surface area contributed by atoms with Crippen molar-refractivity contribution in [2.45, 2.75) is 53.4 Å². The van der Waals surface area contributed by atoms with Gasteiger partial charge in [-0.05, 0) is 157 Å². The van der Waals surface area contributed by atoms with Crippen molar-refractivity contribution in [1.82, 2.24) is 0 Å². The second-order valence-corrected chi connectivity index (χ2v) is 14.6. The fourth-order valence-electron chi connectivity index (χ4n) is 8.80. The maximum absolute atomic E-state index is 9.75. The van der Waals surface area contributed by atoms with Crippen LogP contribution in [0.15, 0.2) is 158 Å². The van der Waals surface area contributed by atoms with Gasteiger partial charge in [-0.1, -0.05) is 113 Å². The lowest BCUT2D eigenvalue weighted by molar-refractivity contribution is 0.664. The van der Waals surface area contributed by atoms with E-state index >= 15 is 0 Å². The number of nitrogens with zero attached hydrogens (tertiary/aromatic N) is 4. The van der Waals surface area contributed by atoms with Crippen LogP contribution in [0.1, 0.15) is 69.2 Å². The first-order chi connectivity index (χ1) is 30.2. The second kappa shape index (κ2) is 19.5. The smallest absolute Gasteiger partial charge is 0.0991 e. The summed E-state index contributed by atoms with van der Waals surface area (Å²) in [6.07, 6.45) is 10.7. The van der Waals surface area contributed by atoms with E-state index in [2.05, 4.69) is 161 Å². The molecule has 5 nitrogen and oxygen atoms in total. The van der Waals surface area contributed by atoms with Gasteiger partial charge in [-0.25, -0.2) is 0 Å². The Morgan fingerprint density at radius 2 is 1.23 bits per heavy atom. The van der Waals surface area contributed by atoms with Crippen LogP contribution < -0.4 is 9.80 Å². The third-order valence-electron chi connectivity index (χ3n) is 11.4. The number of benzene rings is 8. The summed E-state index contributed by atoms with van der Waals surface area (Å²) in [4.78, 5) is 11.7. The highest BCUT2D eigenvalue weighted by atomic mass is 31.0. The molecule has 0 aromatic heterocycles. The van der Waals surface area contributed by atoms with Crippen LogP contribution in [0, 0.1) is 22.7 Å². The lowest BCUT2D eigenvalue weighted by Crippen LogP contribution is -2.24. The van der Waals surface area contributed by atoms with Crippen molar-refractivity contribution < 1.29 is 4.89 Å². The molecule has 8 aromatic carbocycles. The largest absolute Gasteiger partial charge is 0.380 e. The molecule has 1 unspecified atom stereocenters. The summed E-state index contributed by atoms with van der Waals surface area (Å²) in [5, 5.41) is 26.6. The summed E-state index contributed by atoms with van der Waals surface area (Å²) in [6, 6.07) is 54.5. The normalized spacial score (nSPS) is 12.7. The molecule has 1 heterocycles. The molecular weight excluding hydrogens is 764 g/mol. The van der Waals surface area contributed by atoms with Crippen LogP contribution in [0.2, 0.25) is 0 Å². The monoisotopic (exact) mass is 814 g/mol. The minimum Gasteiger partial charge on any atom is -0.380 e. The van der Waals surface area contributed by atoms with Crippen LogP contribution in [0.4, 0.5) is 28.4 Å². The average Bonchev–Trinajstić information content (AvgIpc) is 3.35. The fraction of sp³-hybridized carbons (Fsp3) is 0.164. The highest BCUT2D eigenvalue weighted by molar-refractivity contribution is 7.08. The summed E-state index contributed by atoms with van der Waals surface area (Å²) >= 11 is 0. The van der Waals surface area contributed by atoms with Crippen molar-refractivity contribution in [3.63, 3.8) is 0 Å². The highest BCUT2D eigenvalue weighted by Crippen LogP contribution is 2.48. The summed E-state index contributed by atoms with van der Waals surface area (Å²) in [6.45, 7) is 8.92. The molecule has 6 heteroatoms. The Morgan fingerprint density at radius 3 is 1.93 bits per heavy atom. The topological polar surface area (TPSA) is 74.3 Å². The number of allylic oxidation sites excluding steroid dienone is 4. The van der Waals surface area contributed by atoms with E-state index in [-0.39, 0.29) is 0 Å². The Balaban J connectivity index is 0.000000898. The molecule has 0 saturated heterocycles. The van der Waals surface area contributed by atoms with Crippen molar-refractivity contribution >= 4 is 75.8 Å². The van der Waals surface area contributed by atoms with Gasteiger partial charge in [-0.2, -0.15) is 10.5 Å². The van der Waals surface area contributed by atoms with Gasteiger partial charge in [0.2, 0.25) is 0 Å². The van der Waals surface area contributed by atoms with E-state index in [4.69, 9.17) is 4.89 Å². The first-order valence-electron chi connectivity index (χ1n) is 21.3. The third-order valence-corrected chi connectivity index (χ3v) is 11.4. The van der Waals surface area contributed by atoms with E-state index in [1.807, 2.05) is 45.9 Å². The van der Waals surface area contributed by atoms with Crippen molar-refractivity contribution in [3.8, 4) is 23.3 Å². The number of fused-ring (bicyclic) bond motifs is 1. The van der Waals surface area contributed by atoms with Crippen LogP contribution in [0.5, 0.6) is 0 Å². The van der Waals surface area contributed by atoms with Gasteiger partial charge in [0.05, 0.1) is 29.0 Å². The van der Waals surface area contributed by atoms with Gasteiger partial charge in [0.1, 0.15) is 0 Å². The number of hydrogen-bond donors (Lipinski definition) is 1. The number of nitriles is 2. The van der Waals surface area contributed by atoms with Crippen LogP contribution in [0.3, 0.4) is 0 Å². The predicted molar refractivity (Wildman–Crippen MR) is 262 cm³/mol. The SMILES string of the molecule is CC.CC.N#Cc1ccc(N(c2cc(C3=CC=CCC3)cc(-c3ccccc3)c2)c2ccc3ccc4c(N5CCCc6cc(C#N)ccc65)ccc5ccc2c3c54)cc1.OP. The van der Waals surface area contributed by atoms with Gasteiger partial charge in [0, 0.05) is 40.1 Å². The molecule has 302 valence electrons. The molecule has 1 aliphatic heterocycles. The van der Waals surface area contributed by atoms with Gasteiger partial charge >= 0.3 is 0 Å². The van der Waals surface area contributed by atoms with Gasteiger partial charge in [-0.15, -0.1) is 0 Å². The van der Waals surface area contributed by atoms with Gasteiger partial charge in [0.25, 0.3) is 0 Å². The quantitative estimate of drug-likeness (QED) is 0.134. The van der Waals surface area contributed by atoms with Crippen molar-refractivity contribution in [1.29, 1.82) is 10.5 Å². The van der Waals surface area contributed by atoms with E-state index in [1.54, 1.807) is 0 Å². The molecule has 2 aliphatic rings. The number of hydrogen-bond acceptors (Lipinski definition) is 5. The van der Waals surface area contributed by atoms with Crippen molar-refractivity contribution in [2.24, 2.45) is 0 Å². The number of aryl methyl sites for hydroxylation is 1. The molecule has 1 atom stereocenters. The molecule has 1 aliphatic carbocycles. The number of anilines is 5. The van der Waals surface area contributed by atoms with Gasteiger partial charge in [-0.3, -0.25) is 0 Å². The van der Waals surface area contributed by atoms with Crippen LogP contribution in [0.25, 0.3) is 49.0 Å². The minimum absolute atomic E-state index is 0.632. The second-order valence-electron chi connectivity index (χ2n) is 14.6. The predicted octanol–water partition coefficient (Wildman–Crippen LogP) is 15.1. The molecular formula is C55H51N4OP. The van der Waals surface area contributed by atoms with Crippen molar-refractivity contribution in [2.75, 3.05) is 16.3 Å². The molecule has 61 heavy (non-hydrogen) atoms. The summed E-state index contributed by atoms with van der Waals surface area (Å²) in [5.41, 5.74) is 13.0. The molecule has 10 rings (SSSR count). The Kier molecular flexibility index (Phi) is 13.6. The van der Waals surface area contributed by atoms with Gasteiger partial charge in [0.15, 0.2) is 0 Å². The molecule has 0 amide bonds. The van der Waals surface area contributed by atoms with Crippen LogP contribution >= 0.6 is 9.47 Å². The van der Waals surface area contributed by atoms with Crippen LogP contribution in [-0.4, -0.2) is 11.4 Å². The molecule has 0 fully saturated rings. The standard InChI is InChI=1S/C51H36N4.2C2H6.H3OP/c52-32-34-13-20-43(21-14-34)55(44-30-41(36-8-3-1-4-9-36)29-42(31-44)37-10-5-2-6-11-37)49-26-19-39-16-22-45-48(25-18-38-17-23-46(49)51(39)50(38)45)54-27-7-12-40-28-35(33-53)15-24-47(40)54;3*1-2/h1-5,8-10,13-26,28-31H,6-7,11-12,27H2;2*1-2H3;1H,2H2. The molecule has 0 saturated carbocycles. The summed E-state index contributed by atoms with van der Waals surface area (Å²) in [7, 11) is 1.42. The first-order valence-corrected chi connectivity index (χ1v) is 21.8. The van der Waals surface area contributed by atoms with E-state index < -0.39 is 0 Å². The third kappa shape index (κ3) is 8.24. The fourth-order valence-corrected chi connectivity index (χ4v) is 8.80. The first kappa shape index (κ1) is 42.4. The average molecular weight is 815 g/mol. The van der Waals surface area contributed by atoms with E-state index in [0.717, 1.165) is 54.9 Å².